The number of carbonyl (C=O) groups is 2. The van der Waals surface area contributed by atoms with E-state index in [0.29, 0.717) is 17.7 Å². The summed E-state index contributed by atoms with van der Waals surface area (Å²) < 4.78 is 80.0. The first-order chi connectivity index (χ1) is 20.2. The number of thioether (sulfide) groups is 1. The number of carboxylic acid groups (broad SMARTS) is 1. The fourth-order valence-corrected chi connectivity index (χ4v) is 4.84. The molecule has 0 radical (unpaired) electrons. The Morgan fingerprint density at radius 3 is 2.30 bits per heavy atom. The highest BCUT2D eigenvalue weighted by atomic mass is 32.2. The second-order valence-corrected chi connectivity index (χ2v) is 10.8. The molecule has 1 atom stereocenters. The molecule has 1 aromatic rings. The van der Waals surface area contributed by atoms with Gasteiger partial charge in [-0.15, -0.1) is 11.8 Å². The van der Waals surface area contributed by atoms with Gasteiger partial charge in [-0.2, -0.15) is 26.3 Å². The van der Waals surface area contributed by atoms with Crippen LogP contribution in [-0.2, 0) is 23.2 Å². The lowest BCUT2D eigenvalue weighted by molar-refractivity contribution is -0.140. The third-order valence-corrected chi connectivity index (χ3v) is 7.20. The molecule has 0 aliphatic heterocycles. The van der Waals surface area contributed by atoms with Gasteiger partial charge in [-0.1, -0.05) is 30.4 Å². The Kier molecular flexibility index (Phi) is 12.0. The van der Waals surface area contributed by atoms with Gasteiger partial charge in [0.05, 0.1) is 35.0 Å². The molecular formula is C29H31F6N3O5S. The predicted octanol–water partition coefficient (Wildman–Crippen LogP) is 5.32. The fraction of sp³-hybridized carbons (Fsp3) is 0.379. The number of amides is 1. The van der Waals surface area contributed by atoms with Crippen molar-refractivity contribution in [2.45, 2.75) is 50.6 Å². The molecule has 0 saturated carbocycles. The lowest BCUT2D eigenvalue weighted by atomic mass is 9.97. The number of hydrogen-bond acceptors (Lipinski definition) is 5. The third-order valence-electron chi connectivity index (χ3n) is 6.32. The minimum absolute atomic E-state index is 0.00813. The van der Waals surface area contributed by atoms with Crippen molar-refractivity contribution in [3.8, 4) is 0 Å². The van der Waals surface area contributed by atoms with Crippen molar-refractivity contribution in [2.24, 2.45) is 13.0 Å². The van der Waals surface area contributed by atoms with Gasteiger partial charge in [0.15, 0.2) is 0 Å². The van der Waals surface area contributed by atoms with Crippen LogP contribution < -0.4 is 16.6 Å². The summed E-state index contributed by atoms with van der Waals surface area (Å²) in [6.45, 7) is 5.09. The number of hydrogen-bond donors (Lipinski definition) is 2. The molecule has 0 aromatic carbocycles. The minimum Gasteiger partial charge on any atom is -0.481 e. The summed E-state index contributed by atoms with van der Waals surface area (Å²) in [5, 5.41) is 11.8. The van der Waals surface area contributed by atoms with Gasteiger partial charge in [-0.05, 0) is 55.9 Å². The average Bonchev–Trinajstić information content (AvgIpc) is 2.91. The Labute approximate surface area is 252 Å². The smallest absolute Gasteiger partial charge is 0.416 e. The number of halogens is 6. The molecule has 1 unspecified atom stereocenters. The topological polar surface area (TPSA) is 110 Å². The first-order valence-corrected chi connectivity index (χ1v) is 14.1. The Hall–Kier alpha value is -4.01. The van der Waals surface area contributed by atoms with E-state index in [-0.39, 0.29) is 34.7 Å². The third kappa shape index (κ3) is 10.0. The lowest BCUT2D eigenvalue weighted by Crippen LogP contribution is -2.41. The summed E-state index contributed by atoms with van der Waals surface area (Å²) >= 11 is 1.08. The number of nitrogens with one attached hydrogen (secondary N) is 1. The van der Waals surface area contributed by atoms with E-state index < -0.39 is 65.5 Å². The van der Waals surface area contributed by atoms with Crippen LogP contribution in [0.2, 0.25) is 0 Å². The predicted molar refractivity (Wildman–Crippen MR) is 155 cm³/mol. The summed E-state index contributed by atoms with van der Waals surface area (Å²) in [6, 6.07) is 0. The summed E-state index contributed by atoms with van der Waals surface area (Å²) in [5.74, 6) is -2.48. The summed E-state index contributed by atoms with van der Waals surface area (Å²) in [5.41, 5.74) is -3.00. The van der Waals surface area contributed by atoms with Gasteiger partial charge in [0.25, 0.3) is 5.56 Å². The van der Waals surface area contributed by atoms with Gasteiger partial charge >= 0.3 is 24.0 Å². The maximum Gasteiger partial charge on any atom is 0.416 e. The second-order valence-electron chi connectivity index (χ2n) is 10.0. The highest BCUT2D eigenvalue weighted by molar-refractivity contribution is 7.98. The van der Waals surface area contributed by atoms with Gasteiger partial charge in [-0.25, -0.2) is 4.79 Å². The van der Waals surface area contributed by atoms with Crippen LogP contribution in [0.3, 0.4) is 0 Å². The molecule has 1 aromatic heterocycles. The van der Waals surface area contributed by atoms with Crippen LogP contribution in [0.5, 0.6) is 0 Å². The zero-order chi connectivity index (χ0) is 33.6. The van der Waals surface area contributed by atoms with E-state index in [2.05, 4.69) is 11.9 Å². The molecule has 2 rings (SSSR count). The number of allylic oxidation sites excluding steroid dienone is 7. The molecule has 1 heterocycles. The quantitative estimate of drug-likeness (QED) is 0.111. The van der Waals surface area contributed by atoms with Crippen molar-refractivity contribution < 1.29 is 41.0 Å². The van der Waals surface area contributed by atoms with Crippen LogP contribution in [0.4, 0.5) is 26.3 Å². The van der Waals surface area contributed by atoms with Gasteiger partial charge in [0.1, 0.15) is 0 Å². The van der Waals surface area contributed by atoms with Crippen LogP contribution in [0.1, 0.15) is 32.3 Å². The number of aliphatic carboxylic acids is 1. The molecule has 240 valence electrons. The molecule has 2 N–H and O–H groups in total. The summed E-state index contributed by atoms with van der Waals surface area (Å²) in [6.07, 6.45) is -2.80. The van der Waals surface area contributed by atoms with Gasteiger partial charge in [-0.3, -0.25) is 23.5 Å². The number of rotatable bonds is 11. The van der Waals surface area contributed by atoms with E-state index in [0.717, 1.165) is 16.3 Å². The van der Waals surface area contributed by atoms with Crippen LogP contribution in [0, 0.1) is 5.92 Å². The second kappa shape index (κ2) is 14.6. The van der Waals surface area contributed by atoms with Crippen molar-refractivity contribution in [3.63, 3.8) is 0 Å². The highest BCUT2D eigenvalue weighted by Crippen LogP contribution is 2.31. The van der Waals surface area contributed by atoms with Crippen molar-refractivity contribution in [1.82, 2.24) is 14.5 Å². The van der Waals surface area contributed by atoms with E-state index in [1.54, 1.807) is 12.3 Å². The van der Waals surface area contributed by atoms with Gasteiger partial charge in [0, 0.05) is 19.2 Å². The number of carbonyl (C=O) groups excluding carboxylic acids is 1. The van der Waals surface area contributed by atoms with Crippen LogP contribution in [-0.4, -0.2) is 51.3 Å². The van der Waals surface area contributed by atoms with E-state index in [4.69, 9.17) is 5.11 Å². The van der Waals surface area contributed by atoms with Crippen LogP contribution in [0.25, 0.3) is 6.08 Å². The Morgan fingerprint density at radius 2 is 1.80 bits per heavy atom. The Bertz CT molecular complexity index is 1590. The van der Waals surface area contributed by atoms with Gasteiger partial charge in [0.2, 0.25) is 5.91 Å². The molecule has 1 aliphatic carbocycles. The monoisotopic (exact) mass is 647 g/mol. The maximum atomic E-state index is 13.4. The first-order valence-electron chi connectivity index (χ1n) is 12.9. The van der Waals surface area contributed by atoms with Crippen LogP contribution in [0.15, 0.2) is 79.4 Å². The Balaban J connectivity index is 2.33. The molecule has 0 bridgehead atoms. The van der Waals surface area contributed by atoms with Crippen molar-refractivity contribution in [1.29, 1.82) is 0 Å². The van der Waals surface area contributed by atoms with Gasteiger partial charge < -0.3 is 10.4 Å². The molecule has 0 fully saturated rings. The molecular weight excluding hydrogens is 616 g/mol. The number of alkyl halides is 6. The molecule has 8 nitrogen and oxygen atoms in total. The number of nitrogens with zero attached hydrogens (tertiary/aromatic N) is 2. The standard InChI is InChI=1S/C29H31F6N3O5S/c1-16(13-28(30,31)32)10-21(29(33,34)35)11-17(2)14-36-23(39)18(3)12-22-24(40)38(27(43)37(4)25(22)44-5)15-19-6-8-20(9-7-19)26(41)42/h6-8,10-12,20H,1,9,13-15H2,2-5H3,(H,36,39)(H,41,42)/b17-11+,18-12+,21-10+. The maximum absolute atomic E-state index is 13.4. The first kappa shape index (κ1) is 36.2. The van der Waals surface area contributed by atoms with Crippen molar-refractivity contribution in [3.05, 3.63) is 91.2 Å². The summed E-state index contributed by atoms with van der Waals surface area (Å²) in [7, 11) is 1.44. The lowest BCUT2D eigenvalue weighted by Gasteiger charge is -2.16. The van der Waals surface area contributed by atoms with E-state index in [9.17, 15) is 45.5 Å². The molecule has 0 saturated heterocycles. The zero-order valence-electron chi connectivity index (χ0n) is 24.2. The SMILES string of the molecule is C=C(/C=C(\C=C(/C)CNC(=O)/C(C)=C/c1c(SC)n(C)c(=O)n(CC2=CCC(C(=O)O)C=C2)c1=O)C(F)(F)F)CC(F)(F)F. The Morgan fingerprint density at radius 1 is 1.16 bits per heavy atom. The number of carboxylic acids is 1. The van der Waals surface area contributed by atoms with Crippen molar-refractivity contribution >= 4 is 29.7 Å². The molecule has 15 heteroatoms. The molecule has 0 spiro atoms. The normalized spacial score (nSPS) is 16.5. The highest BCUT2D eigenvalue weighted by Gasteiger charge is 2.34. The van der Waals surface area contributed by atoms with Crippen molar-refractivity contribution in [2.75, 3.05) is 12.8 Å². The average molecular weight is 648 g/mol. The summed E-state index contributed by atoms with van der Waals surface area (Å²) in [4.78, 5) is 50.3. The zero-order valence-corrected chi connectivity index (χ0v) is 25.0. The minimum atomic E-state index is -4.98. The molecule has 44 heavy (non-hydrogen) atoms. The van der Waals surface area contributed by atoms with E-state index in [1.165, 1.54) is 43.7 Å². The van der Waals surface area contributed by atoms with Crippen LogP contribution >= 0.6 is 11.8 Å². The van der Waals surface area contributed by atoms with E-state index >= 15 is 0 Å². The molecule has 1 amide bonds. The van der Waals surface area contributed by atoms with E-state index in [1.807, 2.05) is 0 Å². The largest absolute Gasteiger partial charge is 0.481 e. The number of aromatic nitrogens is 2. The molecule has 1 aliphatic rings. The fourth-order valence-electron chi connectivity index (χ4n) is 4.12.